The second-order valence-corrected chi connectivity index (χ2v) is 6.00. The molecule has 0 fully saturated rings. The van der Waals surface area contributed by atoms with Crippen molar-refractivity contribution in [2.75, 3.05) is 5.32 Å². The monoisotopic (exact) mass is 336 g/mol. The Hall–Kier alpha value is -1.46. The van der Waals surface area contributed by atoms with Crippen molar-refractivity contribution in [3.05, 3.63) is 57.8 Å². The molecule has 19 heavy (non-hydrogen) atoms. The average Bonchev–Trinajstić information content (AvgIpc) is 2.81. The molecule has 0 amide bonds. The van der Waals surface area contributed by atoms with E-state index in [-0.39, 0.29) is 5.82 Å². The highest BCUT2D eigenvalue weighted by Crippen LogP contribution is 2.27. The lowest BCUT2D eigenvalue weighted by Crippen LogP contribution is -2.01. The van der Waals surface area contributed by atoms with Gasteiger partial charge in [0.2, 0.25) is 0 Å². The number of nitrogens with one attached hydrogen (secondary N) is 1. The maximum Gasteiger partial charge on any atom is 0.147 e. The summed E-state index contributed by atoms with van der Waals surface area (Å²) in [7, 11) is 0. The topological polar surface area (TPSA) is 24.9 Å². The summed E-state index contributed by atoms with van der Waals surface area (Å²) in [6.07, 6.45) is 0. The van der Waals surface area contributed by atoms with Crippen LogP contribution in [-0.4, -0.2) is 4.98 Å². The van der Waals surface area contributed by atoms with Crippen molar-refractivity contribution in [2.45, 2.75) is 6.54 Å². The highest BCUT2D eigenvalue weighted by atomic mass is 79.9. The number of benzene rings is 2. The minimum absolute atomic E-state index is 0.268. The molecule has 1 aromatic heterocycles. The lowest BCUT2D eigenvalue weighted by molar-refractivity contribution is 0.629. The molecule has 2 nitrogen and oxygen atoms in total. The molecule has 0 atom stereocenters. The van der Waals surface area contributed by atoms with E-state index in [4.69, 9.17) is 0 Å². The largest absolute Gasteiger partial charge is 0.375 e. The van der Waals surface area contributed by atoms with Crippen LogP contribution in [0.2, 0.25) is 0 Å². The molecule has 0 radical (unpaired) electrons. The van der Waals surface area contributed by atoms with Crippen LogP contribution in [0.1, 0.15) is 5.01 Å². The van der Waals surface area contributed by atoms with Gasteiger partial charge in [0, 0.05) is 4.47 Å². The fourth-order valence-electron chi connectivity index (χ4n) is 1.83. The van der Waals surface area contributed by atoms with E-state index < -0.39 is 0 Å². The van der Waals surface area contributed by atoms with E-state index in [0.717, 1.165) is 15.2 Å². The number of halogens is 2. The van der Waals surface area contributed by atoms with Gasteiger partial charge in [-0.15, -0.1) is 11.3 Å². The maximum absolute atomic E-state index is 13.6. The average molecular weight is 337 g/mol. The standard InChI is InChI=1S/C14H10BrFN2S/c15-9-4-3-5-10(16)14(9)17-8-13-18-11-6-1-2-7-12(11)19-13/h1-7,17H,8H2. The van der Waals surface area contributed by atoms with Gasteiger partial charge in [0.1, 0.15) is 10.8 Å². The van der Waals surface area contributed by atoms with E-state index in [1.807, 2.05) is 30.3 Å². The van der Waals surface area contributed by atoms with Gasteiger partial charge in [0.15, 0.2) is 0 Å². The number of hydrogen-bond acceptors (Lipinski definition) is 3. The second kappa shape index (κ2) is 5.27. The molecule has 0 spiro atoms. The molecule has 5 heteroatoms. The third kappa shape index (κ3) is 2.62. The predicted molar refractivity (Wildman–Crippen MR) is 81.0 cm³/mol. The number of anilines is 1. The van der Waals surface area contributed by atoms with Crippen molar-refractivity contribution < 1.29 is 4.39 Å². The van der Waals surface area contributed by atoms with E-state index in [2.05, 4.69) is 26.2 Å². The minimum Gasteiger partial charge on any atom is -0.375 e. The summed E-state index contributed by atoms with van der Waals surface area (Å²) in [6, 6.07) is 12.9. The van der Waals surface area contributed by atoms with Crippen molar-refractivity contribution >= 4 is 43.2 Å². The Labute approximate surface area is 122 Å². The summed E-state index contributed by atoms with van der Waals surface area (Å²) in [4.78, 5) is 4.51. The molecule has 0 bridgehead atoms. The first-order chi connectivity index (χ1) is 9.24. The summed E-state index contributed by atoms with van der Waals surface area (Å²) in [6.45, 7) is 0.513. The summed E-state index contributed by atoms with van der Waals surface area (Å²) in [5, 5.41) is 4.03. The molecule has 3 rings (SSSR count). The van der Waals surface area contributed by atoms with Crippen molar-refractivity contribution in [3.8, 4) is 0 Å². The molecule has 0 saturated carbocycles. The molecule has 0 saturated heterocycles. The molecular formula is C14H10BrFN2S. The Kier molecular flexibility index (Phi) is 3.48. The Morgan fingerprint density at radius 2 is 2.00 bits per heavy atom. The van der Waals surface area contributed by atoms with Crippen LogP contribution in [-0.2, 0) is 6.54 Å². The van der Waals surface area contributed by atoms with Gasteiger partial charge in [-0.25, -0.2) is 9.37 Å². The van der Waals surface area contributed by atoms with Gasteiger partial charge in [-0.05, 0) is 40.2 Å². The van der Waals surface area contributed by atoms with Gasteiger partial charge in [0.05, 0.1) is 22.4 Å². The number of para-hydroxylation sites is 2. The highest BCUT2D eigenvalue weighted by molar-refractivity contribution is 9.10. The lowest BCUT2D eigenvalue weighted by Gasteiger charge is -2.07. The number of nitrogens with zero attached hydrogens (tertiary/aromatic N) is 1. The summed E-state index contributed by atoms with van der Waals surface area (Å²) in [5.74, 6) is -0.268. The zero-order valence-corrected chi connectivity index (χ0v) is 12.3. The molecule has 0 unspecified atom stereocenters. The van der Waals surface area contributed by atoms with Crippen LogP contribution in [0, 0.1) is 5.82 Å². The van der Waals surface area contributed by atoms with Gasteiger partial charge in [0.25, 0.3) is 0 Å². The zero-order chi connectivity index (χ0) is 13.2. The van der Waals surface area contributed by atoms with Crippen molar-refractivity contribution in [3.63, 3.8) is 0 Å². The van der Waals surface area contributed by atoms with Crippen molar-refractivity contribution in [1.29, 1.82) is 0 Å². The smallest absolute Gasteiger partial charge is 0.147 e. The minimum atomic E-state index is -0.268. The molecule has 96 valence electrons. The first kappa shape index (κ1) is 12.6. The summed E-state index contributed by atoms with van der Waals surface area (Å²) < 4.78 is 15.5. The number of aromatic nitrogens is 1. The van der Waals surface area contributed by atoms with Gasteiger partial charge < -0.3 is 5.32 Å². The lowest BCUT2D eigenvalue weighted by atomic mass is 10.3. The van der Waals surface area contributed by atoms with Gasteiger partial charge in [-0.3, -0.25) is 0 Å². The van der Waals surface area contributed by atoms with Crippen molar-refractivity contribution in [1.82, 2.24) is 4.98 Å². The Morgan fingerprint density at radius 3 is 2.79 bits per heavy atom. The highest BCUT2D eigenvalue weighted by Gasteiger charge is 2.08. The first-order valence-electron chi connectivity index (χ1n) is 5.76. The number of thiazole rings is 1. The molecular weight excluding hydrogens is 327 g/mol. The molecule has 1 heterocycles. The zero-order valence-electron chi connectivity index (χ0n) is 9.86. The predicted octanol–water partition coefficient (Wildman–Crippen LogP) is 4.81. The van der Waals surface area contributed by atoms with E-state index in [0.29, 0.717) is 16.7 Å². The molecule has 0 aliphatic carbocycles. The summed E-state index contributed by atoms with van der Waals surface area (Å²) in [5.41, 5.74) is 1.46. The van der Waals surface area contributed by atoms with Crippen LogP contribution >= 0.6 is 27.3 Å². The Bertz CT molecular complexity index is 673. The van der Waals surface area contributed by atoms with Crippen molar-refractivity contribution in [2.24, 2.45) is 0 Å². The molecule has 0 aliphatic rings. The van der Waals surface area contributed by atoms with Gasteiger partial charge in [-0.1, -0.05) is 18.2 Å². The molecule has 3 aromatic rings. The Balaban J connectivity index is 1.82. The quantitative estimate of drug-likeness (QED) is 0.742. The SMILES string of the molecule is Fc1cccc(Br)c1NCc1nc2ccccc2s1. The normalized spacial score (nSPS) is 10.8. The fourth-order valence-corrected chi connectivity index (χ4v) is 3.22. The Morgan fingerprint density at radius 1 is 1.16 bits per heavy atom. The number of fused-ring (bicyclic) bond motifs is 1. The molecule has 2 aromatic carbocycles. The van der Waals surface area contributed by atoms with Crippen LogP contribution in [0.3, 0.4) is 0 Å². The summed E-state index contributed by atoms with van der Waals surface area (Å²) >= 11 is 4.95. The maximum atomic E-state index is 13.6. The van der Waals surface area contributed by atoms with Crippen LogP contribution in [0.5, 0.6) is 0 Å². The number of hydrogen-bond donors (Lipinski definition) is 1. The molecule has 1 N–H and O–H groups in total. The third-order valence-corrected chi connectivity index (χ3v) is 4.41. The molecule has 0 aliphatic heterocycles. The second-order valence-electron chi connectivity index (χ2n) is 4.03. The van der Waals surface area contributed by atoms with Crippen LogP contribution < -0.4 is 5.32 Å². The van der Waals surface area contributed by atoms with Gasteiger partial charge >= 0.3 is 0 Å². The third-order valence-electron chi connectivity index (χ3n) is 2.72. The van der Waals surface area contributed by atoms with E-state index in [9.17, 15) is 4.39 Å². The van der Waals surface area contributed by atoms with E-state index in [1.165, 1.54) is 6.07 Å². The number of rotatable bonds is 3. The fraction of sp³-hybridized carbons (Fsp3) is 0.0714. The van der Waals surface area contributed by atoms with Crippen LogP contribution in [0.4, 0.5) is 10.1 Å². The van der Waals surface area contributed by atoms with Crippen LogP contribution in [0.25, 0.3) is 10.2 Å². The first-order valence-corrected chi connectivity index (χ1v) is 7.37. The van der Waals surface area contributed by atoms with E-state index >= 15 is 0 Å². The van der Waals surface area contributed by atoms with Gasteiger partial charge in [-0.2, -0.15) is 0 Å². The van der Waals surface area contributed by atoms with E-state index in [1.54, 1.807) is 17.4 Å². The van der Waals surface area contributed by atoms with Crippen LogP contribution in [0.15, 0.2) is 46.9 Å².